The molecule has 0 spiro atoms. The van der Waals surface area contributed by atoms with Crippen LogP contribution >= 0.6 is 0 Å². The van der Waals surface area contributed by atoms with Crippen LogP contribution in [0, 0.1) is 0 Å². The Balaban J connectivity index is 2.55. The minimum atomic E-state index is 0.173. The van der Waals surface area contributed by atoms with Gasteiger partial charge < -0.3 is 9.67 Å². The Labute approximate surface area is 70.3 Å². The van der Waals surface area contributed by atoms with E-state index in [4.69, 9.17) is 5.11 Å². The molecule has 62 valence electrons. The van der Waals surface area contributed by atoms with Crippen molar-refractivity contribution < 1.29 is 5.11 Å². The number of hydrogen-bond donors (Lipinski definition) is 1. The van der Waals surface area contributed by atoms with Gasteiger partial charge in [-0.15, -0.1) is 0 Å². The number of nitrogens with zero attached hydrogens (tertiary/aromatic N) is 2. The van der Waals surface area contributed by atoms with Gasteiger partial charge in [-0.3, -0.25) is 4.98 Å². The van der Waals surface area contributed by atoms with E-state index in [9.17, 15) is 0 Å². The fourth-order valence-electron chi connectivity index (χ4n) is 1.34. The highest BCUT2D eigenvalue weighted by Gasteiger charge is 1.97. The van der Waals surface area contributed by atoms with Crippen molar-refractivity contribution in [2.24, 2.45) is 0 Å². The summed E-state index contributed by atoms with van der Waals surface area (Å²) in [5.74, 6) is 0. The van der Waals surface area contributed by atoms with Crippen LogP contribution in [0.2, 0.25) is 0 Å². The van der Waals surface area contributed by atoms with E-state index >= 15 is 0 Å². The zero-order valence-electron chi connectivity index (χ0n) is 6.64. The fraction of sp³-hybridized carbons (Fsp3) is 0.222. The third-order valence-electron chi connectivity index (χ3n) is 1.91. The second kappa shape index (κ2) is 2.95. The van der Waals surface area contributed by atoms with Crippen LogP contribution < -0.4 is 0 Å². The van der Waals surface area contributed by atoms with Crippen LogP contribution in [0.3, 0.4) is 0 Å². The lowest BCUT2D eigenvalue weighted by Gasteiger charge is -2.00. The van der Waals surface area contributed by atoms with Crippen LogP contribution in [-0.2, 0) is 6.54 Å². The SMILES string of the molecule is OCCn1ccc2cnccc21. The smallest absolute Gasteiger partial charge is 0.0610 e. The second-order valence-corrected chi connectivity index (χ2v) is 2.67. The first-order valence-electron chi connectivity index (χ1n) is 3.91. The van der Waals surface area contributed by atoms with Crippen molar-refractivity contribution in [1.29, 1.82) is 0 Å². The molecule has 0 saturated heterocycles. The Morgan fingerprint density at radius 3 is 3.17 bits per heavy atom. The largest absolute Gasteiger partial charge is 0.395 e. The topological polar surface area (TPSA) is 38.0 Å². The summed E-state index contributed by atoms with van der Waals surface area (Å²) in [4.78, 5) is 4.01. The summed E-state index contributed by atoms with van der Waals surface area (Å²) in [6.45, 7) is 0.819. The minimum Gasteiger partial charge on any atom is -0.395 e. The van der Waals surface area contributed by atoms with Crippen LogP contribution in [0.25, 0.3) is 10.9 Å². The Kier molecular flexibility index (Phi) is 1.80. The molecule has 2 aromatic heterocycles. The molecule has 0 aliphatic carbocycles. The molecule has 0 aliphatic heterocycles. The summed E-state index contributed by atoms with van der Waals surface area (Å²) in [7, 11) is 0. The van der Waals surface area contributed by atoms with Crippen molar-refractivity contribution in [3.63, 3.8) is 0 Å². The molecular formula is C9H10N2O. The fourth-order valence-corrected chi connectivity index (χ4v) is 1.34. The van der Waals surface area contributed by atoms with Crippen LogP contribution in [0.5, 0.6) is 0 Å². The highest BCUT2D eigenvalue weighted by molar-refractivity contribution is 5.78. The monoisotopic (exact) mass is 162 g/mol. The van der Waals surface area contributed by atoms with E-state index < -0.39 is 0 Å². The molecule has 3 nitrogen and oxygen atoms in total. The first-order chi connectivity index (χ1) is 5.92. The number of aliphatic hydroxyl groups is 1. The van der Waals surface area contributed by atoms with Gasteiger partial charge in [0.1, 0.15) is 0 Å². The van der Waals surface area contributed by atoms with Crippen molar-refractivity contribution in [3.05, 3.63) is 30.7 Å². The first-order valence-corrected chi connectivity index (χ1v) is 3.91. The molecule has 0 unspecified atom stereocenters. The number of aliphatic hydroxyl groups excluding tert-OH is 1. The molecule has 0 fully saturated rings. The van der Waals surface area contributed by atoms with Gasteiger partial charge in [-0.25, -0.2) is 0 Å². The maximum Gasteiger partial charge on any atom is 0.0610 e. The predicted molar refractivity (Wildman–Crippen MR) is 46.8 cm³/mol. The molecule has 12 heavy (non-hydrogen) atoms. The maximum absolute atomic E-state index is 8.76. The van der Waals surface area contributed by atoms with Crippen LogP contribution in [0.1, 0.15) is 0 Å². The van der Waals surface area contributed by atoms with E-state index in [0.717, 1.165) is 10.9 Å². The van der Waals surface area contributed by atoms with Crippen molar-refractivity contribution in [3.8, 4) is 0 Å². The average Bonchev–Trinajstić information content (AvgIpc) is 2.50. The van der Waals surface area contributed by atoms with Gasteiger partial charge in [0.25, 0.3) is 0 Å². The van der Waals surface area contributed by atoms with Crippen LogP contribution in [0.15, 0.2) is 30.7 Å². The minimum absolute atomic E-state index is 0.173. The van der Waals surface area contributed by atoms with E-state index in [2.05, 4.69) is 4.98 Å². The number of hydrogen-bond acceptors (Lipinski definition) is 2. The number of fused-ring (bicyclic) bond motifs is 1. The molecule has 2 rings (SSSR count). The Morgan fingerprint density at radius 2 is 2.33 bits per heavy atom. The molecule has 2 heterocycles. The standard InChI is InChI=1S/C9H10N2O/c12-6-5-11-4-2-8-7-10-3-1-9(8)11/h1-4,7,12H,5-6H2. The zero-order chi connectivity index (χ0) is 8.39. The molecule has 2 aromatic rings. The molecule has 0 atom stereocenters. The lowest BCUT2D eigenvalue weighted by Crippen LogP contribution is -1.99. The highest BCUT2D eigenvalue weighted by atomic mass is 16.3. The summed E-state index contributed by atoms with van der Waals surface area (Å²) in [5.41, 5.74) is 1.12. The van der Waals surface area contributed by atoms with Gasteiger partial charge in [0.2, 0.25) is 0 Å². The first kappa shape index (κ1) is 7.31. The Bertz CT molecular complexity index is 381. The zero-order valence-corrected chi connectivity index (χ0v) is 6.64. The van der Waals surface area contributed by atoms with Gasteiger partial charge in [-0.05, 0) is 12.1 Å². The molecule has 0 amide bonds. The lowest BCUT2D eigenvalue weighted by atomic mass is 10.3. The second-order valence-electron chi connectivity index (χ2n) is 2.67. The molecule has 3 heteroatoms. The van der Waals surface area contributed by atoms with Gasteiger partial charge in [0.05, 0.1) is 12.1 Å². The van der Waals surface area contributed by atoms with Gasteiger partial charge in [0.15, 0.2) is 0 Å². The van der Waals surface area contributed by atoms with E-state index in [-0.39, 0.29) is 6.61 Å². The average molecular weight is 162 g/mol. The Morgan fingerprint density at radius 1 is 1.42 bits per heavy atom. The quantitative estimate of drug-likeness (QED) is 0.716. The van der Waals surface area contributed by atoms with E-state index in [1.165, 1.54) is 0 Å². The summed E-state index contributed by atoms with van der Waals surface area (Å²) in [6.07, 6.45) is 5.54. The number of aromatic nitrogens is 2. The van der Waals surface area contributed by atoms with Crippen LogP contribution in [0.4, 0.5) is 0 Å². The summed E-state index contributed by atoms with van der Waals surface area (Å²) in [6, 6.07) is 3.95. The molecule has 0 aromatic carbocycles. The van der Waals surface area contributed by atoms with Crippen molar-refractivity contribution in [2.75, 3.05) is 6.61 Å². The summed E-state index contributed by atoms with van der Waals surface area (Å²) < 4.78 is 2.01. The highest BCUT2D eigenvalue weighted by Crippen LogP contribution is 2.12. The van der Waals surface area contributed by atoms with Crippen molar-refractivity contribution in [2.45, 2.75) is 6.54 Å². The van der Waals surface area contributed by atoms with Gasteiger partial charge in [0, 0.05) is 30.5 Å². The van der Waals surface area contributed by atoms with Crippen molar-refractivity contribution in [1.82, 2.24) is 9.55 Å². The van der Waals surface area contributed by atoms with E-state index in [1.807, 2.05) is 29.1 Å². The van der Waals surface area contributed by atoms with E-state index in [0.29, 0.717) is 6.54 Å². The van der Waals surface area contributed by atoms with Crippen molar-refractivity contribution >= 4 is 10.9 Å². The molecule has 0 saturated carbocycles. The van der Waals surface area contributed by atoms with Gasteiger partial charge in [-0.1, -0.05) is 0 Å². The predicted octanol–water partition coefficient (Wildman–Crippen LogP) is 1.03. The lowest BCUT2D eigenvalue weighted by molar-refractivity contribution is 0.278. The molecular weight excluding hydrogens is 152 g/mol. The third kappa shape index (κ3) is 1.08. The Hall–Kier alpha value is -1.35. The molecule has 1 N–H and O–H groups in total. The number of pyridine rings is 1. The third-order valence-corrected chi connectivity index (χ3v) is 1.91. The molecule has 0 radical (unpaired) electrons. The van der Waals surface area contributed by atoms with Gasteiger partial charge >= 0.3 is 0 Å². The molecule has 0 aliphatic rings. The normalized spacial score (nSPS) is 10.8. The maximum atomic E-state index is 8.76. The number of rotatable bonds is 2. The summed E-state index contributed by atoms with van der Waals surface area (Å²) in [5, 5.41) is 9.88. The summed E-state index contributed by atoms with van der Waals surface area (Å²) >= 11 is 0. The van der Waals surface area contributed by atoms with E-state index in [1.54, 1.807) is 6.20 Å². The van der Waals surface area contributed by atoms with Crippen LogP contribution in [-0.4, -0.2) is 21.3 Å². The molecule has 0 bridgehead atoms. The van der Waals surface area contributed by atoms with Gasteiger partial charge in [-0.2, -0.15) is 0 Å².